The molecule has 3 rings (SSSR count). The Kier molecular flexibility index (Phi) is 40.4. The van der Waals surface area contributed by atoms with E-state index in [0.717, 1.165) is 17.0 Å². The van der Waals surface area contributed by atoms with Crippen molar-refractivity contribution in [1.82, 2.24) is 41.3 Å². The van der Waals surface area contributed by atoms with E-state index >= 15 is 0 Å². The fourth-order valence-corrected chi connectivity index (χ4v) is 12.4. The van der Waals surface area contributed by atoms with Crippen LogP contribution in [0.4, 0.5) is 15.3 Å². The Balaban J connectivity index is 0.0000340. The van der Waals surface area contributed by atoms with E-state index in [-0.39, 0.29) is 124 Å². The number of aliphatic hydroxyl groups is 1. The monoisotopic (exact) mass is 1440 g/mol. The average molecular weight is 1440 g/mol. The molecule has 0 spiro atoms. The molecule has 0 aromatic heterocycles. The molecule has 2 aromatic carbocycles. The second-order valence-corrected chi connectivity index (χ2v) is 27.0. The number of nitrogens with one attached hydrogen (secondary N) is 6. The second kappa shape index (κ2) is 45.3. The van der Waals surface area contributed by atoms with E-state index in [1.165, 1.54) is 32.2 Å². The van der Waals surface area contributed by atoms with Crippen LogP contribution in [-0.4, -0.2) is 228 Å². The van der Waals surface area contributed by atoms with Crippen molar-refractivity contribution in [2.24, 2.45) is 40.4 Å². The molecule has 1 aliphatic heterocycles. The summed E-state index contributed by atoms with van der Waals surface area (Å²) in [5.74, 6) is -6.82. The van der Waals surface area contributed by atoms with Crippen LogP contribution in [0.3, 0.4) is 0 Å². The number of likely N-dealkylation sites (tertiary alicyclic amines) is 1. The smallest absolute Gasteiger partial charge is 0.744 e. The molecule has 0 bridgehead atoms. The molecule has 556 valence electrons. The summed E-state index contributed by atoms with van der Waals surface area (Å²) in [4.78, 5) is 129. The Hall–Kier alpha value is -6.75. The zero-order valence-corrected chi connectivity index (χ0v) is 63.4. The minimum absolute atomic E-state index is 0. The van der Waals surface area contributed by atoms with E-state index < -0.39 is 154 Å². The van der Waals surface area contributed by atoms with Crippen molar-refractivity contribution in [3.8, 4) is 0 Å². The molecule has 0 aliphatic carbocycles. The fourth-order valence-electron chi connectivity index (χ4n) is 11.7. The van der Waals surface area contributed by atoms with Gasteiger partial charge in [0.15, 0.2) is 0 Å². The fraction of sp³-hybridized carbons (Fsp3) is 0.682. The number of nitrogens with zero attached hydrogens (tertiary/aromatic N) is 6. The number of hydrogen-bond donors (Lipinski definition) is 8. The third-order valence-corrected chi connectivity index (χ3v) is 18.2. The largest absolute Gasteiger partial charge is 1.00 e. The van der Waals surface area contributed by atoms with Crippen LogP contribution in [0.15, 0.2) is 58.5 Å². The number of anilines is 1. The van der Waals surface area contributed by atoms with E-state index in [1.54, 1.807) is 91.6 Å². The topological polar surface area (TPSA) is 443 Å². The first-order chi connectivity index (χ1) is 46.7. The number of aliphatic hydroxyl groups excluding tert-OH is 1. The van der Waals surface area contributed by atoms with Gasteiger partial charge < -0.3 is 85.5 Å². The maximum absolute atomic E-state index is 14.8. The van der Waals surface area contributed by atoms with Crippen molar-refractivity contribution in [1.29, 1.82) is 0 Å². The molecular formula is C66H106N13NaO19S. The molecule has 2 aromatic rings. The van der Waals surface area contributed by atoms with Crippen LogP contribution in [0.25, 0.3) is 10.4 Å². The number of carbonyl (C=O) groups excluding carboxylic acids is 9. The number of ether oxygens (including phenoxy) is 6. The summed E-state index contributed by atoms with van der Waals surface area (Å²) in [6, 6.07) is 4.47. The molecule has 34 heteroatoms. The third-order valence-electron chi connectivity index (χ3n) is 17.3. The Bertz CT molecular complexity index is 3120. The Morgan fingerprint density at radius 2 is 1.42 bits per heavy atom. The van der Waals surface area contributed by atoms with Crippen LogP contribution in [0, 0.1) is 29.6 Å². The van der Waals surface area contributed by atoms with Gasteiger partial charge in [-0.2, -0.15) is 0 Å². The molecule has 1 aliphatic rings. The van der Waals surface area contributed by atoms with Gasteiger partial charge in [-0.25, -0.2) is 18.0 Å². The summed E-state index contributed by atoms with van der Waals surface area (Å²) in [5, 5.41) is 30.1. The number of primary amides is 1. The molecule has 100 heavy (non-hydrogen) atoms. The quantitative estimate of drug-likeness (QED) is 0.0114. The summed E-state index contributed by atoms with van der Waals surface area (Å²) in [5.41, 5.74) is 13.6. The standard InChI is InChI=1S/C66H107N13O19S.Na/c1-15-42(8)57(50(93-13)36-53(81)79-29-20-24-49(79)59(94-14)43(9)60(83)71-44(10)58(82)45-21-17-16-18-22-45)77(11)64(87)55(40(4)5)75-63(86)56(41(6)7)78(12)66(89)98-37-46-25-26-47(35-51(46)99(90,91)92)72-61(84)48(23-19-27-69-65(67)88)73-62(85)54(39(2)3)74-52(80)38-97-34-33-96-32-31-95-30-28-70-76-68;/h16-18,21-22,25-26,35,39-44,48-50,54-59,82H,15,19-20,23-24,27-34,36-38H2,1-14H3,(H,71,83)(H,72,84)(H,73,85)(H,74,80)(H,75,86)(H3,67,69,88)(H,90,91,92);/q;+1/p-1/t42-,43+,44+,48-,49-,50+,54-,55-,56-,57-,58+,59+;/m0./s1. The molecule has 0 radical (unpaired) electrons. The van der Waals surface area contributed by atoms with Crippen molar-refractivity contribution >= 4 is 69.3 Å². The van der Waals surface area contributed by atoms with Gasteiger partial charge in [0.2, 0.25) is 41.4 Å². The van der Waals surface area contributed by atoms with Gasteiger partial charge in [0.25, 0.3) is 0 Å². The van der Waals surface area contributed by atoms with Crippen molar-refractivity contribution < 1.29 is 119 Å². The maximum atomic E-state index is 14.8. The first-order valence-corrected chi connectivity index (χ1v) is 34.8. The predicted molar refractivity (Wildman–Crippen MR) is 363 cm³/mol. The van der Waals surface area contributed by atoms with E-state index in [2.05, 4.69) is 41.9 Å². The molecule has 0 unspecified atom stereocenters. The zero-order valence-electron chi connectivity index (χ0n) is 60.6. The van der Waals surface area contributed by atoms with Gasteiger partial charge in [0, 0.05) is 64.1 Å². The zero-order chi connectivity index (χ0) is 74.3. The number of rotatable bonds is 44. The number of methoxy groups -OCH3 is 2. The van der Waals surface area contributed by atoms with Crippen LogP contribution >= 0.6 is 0 Å². The number of amides is 10. The SMILES string of the molecule is CC[C@H](C)[C@@H]([C@@H](CC(=O)N1CCC[C@H]1[C@H](OC)[C@@H](C)C(=O)N[C@H](C)[C@@H](O)c1ccccc1)OC)N(C)C(=O)[C@@H](NC(=O)[C@H](C(C)C)N(C)C(=O)OCc1ccc(NC(=O)[C@H](CCCNC(N)=O)NC(=O)[C@@H](NC(=O)COCCOCCOCCN=[N+]=[N-])C(C)C)cc1S(=O)(=O)[O-])C(C)C.[Na+]. The van der Waals surface area contributed by atoms with Crippen LogP contribution < -0.4 is 67.2 Å². The number of likely N-dealkylation sites (N-methyl/N-ethyl adjacent to an activating group) is 2. The number of urea groups is 1. The van der Waals surface area contributed by atoms with E-state index in [1.807, 2.05) is 19.9 Å². The normalized spacial score (nSPS) is 16.3. The first-order valence-electron chi connectivity index (χ1n) is 33.4. The minimum Gasteiger partial charge on any atom is -0.744 e. The van der Waals surface area contributed by atoms with Crippen LogP contribution in [-0.2, 0) is 78.7 Å². The molecule has 32 nitrogen and oxygen atoms in total. The minimum atomic E-state index is -5.36. The van der Waals surface area contributed by atoms with Crippen molar-refractivity contribution in [2.45, 2.75) is 180 Å². The Morgan fingerprint density at radius 1 is 0.790 bits per heavy atom. The van der Waals surface area contributed by atoms with E-state index in [0.29, 0.717) is 31.4 Å². The van der Waals surface area contributed by atoms with Gasteiger partial charge >= 0.3 is 41.7 Å². The molecule has 0 saturated carbocycles. The van der Waals surface area contributed by atoms with Crippen LogP contribution in [0.5, 0.6) is 0 Å². The average Bonchev–Trinajstić information content (AvgIpc) is 1.24. The summed E-state index contributed by atoms with van der Waals surface area (Å²) < 4.78 is 72.0. The van der Waals surface area contributed by atoms with Crippen molar-refractivity contribution in [2.75, 3.05) is 92.9 Å². The summed E-state index contributed by atoms with van der Waals surface area (Å²) >= 11 is 0. The summed E-state index contributed by atoms with van der Waals surface area (Å²) in [6.45, 7) is 17.5. The molecule has 1 saturated heterocycles. The summed E-state index contributed by atoms with van der Waals surface area (Å²) in [6.07, 6.45) is -2.03. The van der Waals surface area contributed by atoms with Gasteiger partial charge in [0.1, 0.15) is 47.5 Å². The van der Waals surface area contributed by atoms with Gasteiger partial charge in [0.05, 0.1) is 86.7 Å². The summed E-state index contributed by atoms with van der Waals surface area (Å²) in [7, 11) is 0.427. The van der Waals surface area contributed by atoms with Crippen molar-refractivity contribution in [3.05, 3.63) is 70.1 Å². The maximum Gasteiger partial charge on any atom is 1.00 e. The molecule has 1 heterocycles. The van der Waals surface area contributed by atoms with Crippen LogP contribution in [0.2, 0.25) is 0 Å². The van der Waals surface area contributed by atoms with E-state index in [4.69, 9.17) is 39.7 Å². The number of nitrogens with two attached hydrogens (primary N) is 1. The third kappa shape index (κ3) is 28.6. The first kappa shape index (κ1) is 89.3. The van der Waals surface area contributed by atoms with Gasteiger partial charge in [-0.3, -0.25) is 38.5 Å². The number of carbonyl (C=O) groups is 9. The molecule has 10 amide bonds. The number of hydrogen-bond acceptors (Lipinski definition) is 20. The van der Waals surface area contributed by atoms with Gasteiger partial charge in [-0.05, 0) is 79.5 Å². The molecule has 12 atom stereocenters. The van der Waals surface area contributed by atoms with E-state index in [9.17, 15) is 61.2 Å². The number of azide groups is 1. The predicted octanol–water partition coefficient (Wildman–Crippen LogP) is 0.860. The molecule has 1 fully saturated rings. The Labute approximate surface area is 609 Å². The second-order valence-electron chi connectivity index (χ2n) is 25.6. The Morgan fingerprint density at radius 3 is 1.99 bits per heavy atom. The molecular weight excluding hydrogens is 1330 g/mol. The van der Waals surface area contributed by atoms with Crippen LogP contribution in [0.1, 0.15) is 125 Å². The number of benzene rings is 2. The molecule has 9 N–H and O–H groups in total. The van der Waals surface area contributed by atoms with Gasteiger partial charge in [-0.1, -0.05) is 110 Å². The van der Waals surface area contributed by atoms with Gasteiger partial charge in [-0.15, -0.1) is 0 Å². The van der Waals surface area contributed by atoms with Crippen molar-refractivity contribution in [3.63, 3.8) is 0 Å².